The molecule has 4 nitrogen and oxygen atoms in total. The van der Waals surface area contributed by atoms with E-state index in [1.165, 1.54) is 6.20 Å². The standard InChI is InChI=1S/C7H7N3O/c1-4-5-2-9-10-7(5)8-3-6(4)11/h2-3,11H,1H3,(H,8,9,10). The number of aromatic amines is 1. The SMILES string of the molecule is Cc1c(O)cnc2[nH]ncc12. The first kappa shape index (κ1) is 6.15. The predicted molar refractivity (Wildman–Crippen MR) is 40.3 cm³/mol. The van der Waals surface area contributed by atoms with Gasteiger partial charge in [-0.3, -0.25) is 5.10 Å². The summed E-state index contributed by atoms with van der Waals surface area (Å²) in [6.45, 7) is 1.83. The van der Waals surface area contributed by atoms with E-state index in [4.69, 9.17) is 0 Å². The smallest absolute Gasteiger partial charge is 0.155 e. The van der Waals surface area contributed by atoms with E-state index >= 15 is 0 Å². The van der Waals surface area contributed by atoms with Crippen LogP contribution in [0.2, 0.25) is 0 Å². The van der Waals surface area contributed by atoms with Crippen molar-refractivity contribution in [2.24, 2.45) is 0 Å². The molecule has 0 saturated carbocycles. The molecule has 0 bridgehead atoms. The topological polar surface area (TPSA) is 61.8 Å². The third-order valence-corrected chi connectivity index (χ3v) is 1.72. The molecule has 2 aromatic rings. The monoisotopic (exact) mass is 149 g/mol. The average Bonchev–Trinajstić information content (AvgIpc) is 2.45. The van der Waals surface area contributed by atoms with Gasteiger partial charge in [0.1, 0.15) is 5.75 Å². The first-order valence-electron chi connectivity index (χ1n) is 3.26. The number of fused-ring (bicyclic) bond motifs is 1. The van der Waals surface area contributed by atoms with Gasteiger partial charge in [0.05, 0.1) is 12.4 Å². The number of nitrogens with zero attached hydrogens (tertiary/aromatic N) is 2. The van der Waals surface area contributed by atoms with Gasteiger partial charge in [0.15, 0.2) is 5.65 Å². The van der Waals surface area contributed by atoms with E-state index in [2.05, 4.69) is 15.2 Å². The molecular formula is C7H7N3O. The van der Waals surface area contributed by atoms with E-state index in [-0.39, 0.29) is 5.75 Å². The minimum Gasteiger partial charge on any atom is -0.506 e. The highest BCUT2D eigenvalue weighted by Crippen LogP contribution is 2.21. The molecular weight excluding hydrogens is 142 g/mol. The number of H-pyrrole nitrogens is 1. The summed E-state index contributed by atoms with van der Waals surface area (Å²) in [6, 6.07) is 0. The molecule has 2 aromatic heterocycles. The molecule has 56 valence electrons. The van der Waals surface area contributed by atoms with Crippen LogP contribution in [0.3, 0.4) is 0 Å². The lowest BCUT2D eigenvalue weighted by Crippen LogP contribution is -1.80. The highest BCUT2D eigenvalue weighted by atomic mass is 16.3. The first-order chi connectivity index (χ1) is 5.29. The van der Waals surface area contributed by atoms with Gasteiger partial charge in [-0.2, -0.15) is 5.10 Å². The summed E-state index contributed by atoms with van der Waals surface area (Å²) >= 11 is 0. The molecule has 2 N–H and O–H groups in total. The molecule has 2 heterocycles. The van der Waals surface area contributed by atoms with Crippen molar-refractivity contribution in [3.8, 4) is 5.75 Å². The number of pyridine rings is 1. The Labute approximate surface area is 62.9 Å². The fourth-order valence-electron chi connectivity index (χ4n) is 1.01. The van der Waals surface area contributed by atoms with Gasteiger partial charge in [0.2, 0.25) is 0 Å². The van der Waals surface area contributed by atoms with E-state index in [0.29, 0.717) is 5.65 Å². The fraction of sp³-hybridized carbons (Fsp3) is 0.143. The maximum Gasteiger partial charge on any atom is 0.155 e. The summed E-state index contributed by atoms with van der Waals surface area (Å²) in [5.41, 5.74) is 1.52. The van der Waals surface area contributed by atoms with Crippen molar-refractivity contribution >= 4 is 11.0 Å². The number of aromatic nitrogens is 3. The molecule has 0 unspecified atom stereocenters. The van der Waals surface area contributed by atoms with Crippen LogP contribution < -0.4 is 0 Å². The third kappa shape index (κ3) is 0.756. The van der Waals surface area contributed by atoms with Crippen LogP contribution in [0.1, 0.15) is 5.56 Å². The average molecular weight is 149 g/mol. The Morgan fingerprint density at radius 3 is 3.09 bits per heavy atom. The molecule has 0 radical (unpaired) electrons. The van der Waals surface area contributed by atoms with Crippen LogP contribution in [0.25, 0.3) is 11.0 Å². The van der Waals surface area contributed by atoms with Gasteiger partial charge in [-0.25, -0.2) is 4.98 Å². The predicted octanol–water partition coefficient (Wildman–Crippen LogP) is 0.972. The van der Waals surface area contributed by atoms with Crippen molar-refractivity contribution in [2.75, 3.05) is 0 Å². The van der Waals surface area contributed by atoms with Gasteiger partial charge < -0.3 is 5.11 Å². The fourth-order valence-corrected chi connectivity index (χ4v) is 1.01. The van der Waals surface area contributed by atoms with E-state index in [9.17, 15) is 5.11 Å². The zero-order valence-electron chi connectivity index (χ0n) is 6.00. The number of hydrogen-bond donors (Lipinski definition) is 2. The van der Waals surface area contributed by atoms with Crippen LogP contribution in [-0.2, 0) is 0 Å². The van der Waals surface area contributed by atoms with Crippen molar-refractivity contribution in [3.63, 3.8) is 0 Å². The lowest BCUT2D eigenvalue weighted by molar-refractivity contribution is 0.470. The van der Waals surface area contributed by atoms with Crippen LogP contribution in [0, 0.1) is 6.92 Å². The second kappa shape index (κ2) is 1.95. The van der Waals surface area contributed by atoms with E-state index < -0.39 is 0 Å². The number of nitrogens with one attached hydrogen (secondary N) is 1. The van der Waals surface area contributed by atoms with Crippen LogP contribution in [0.5, 0.6) is 5.75 Å². The molecule has 0 aliphatic heterocycles. The number of aromatic hydroxyl groups is 1. The van der Waals surface area contributed by atoms with Gasteiger partial charge in [-0.1, -0.05) is 0 Å². The Bertz CT molecular complexity index is 393. The van der Waals surface area contributed by atoms with Gasteiger partial charge in [-0.05, 0) is 6.92 Å². The second-order valence-electron chi connectivity index (χ2n) is 2.40. The minimum atomic E-state index is 0.207. The lowest BCUT2D eigenvalue weighted by Gasteiger charge is -1.96. The summed E-state index contributed by atoms with van der Waals surface area (Å²) in [4.78, 5) is 3.93. The highest BCUT2D eigenvalue weighted by molar-refractivity contribution is 5.79. The maximum atomic E-state index is 9.23. The Morgan fingerprint density at radius 2 is 2.27 bits per heavy atom. The van der Waals surface area contributed by atoms with Crippen molar-refractivity contribution in [2.45, 2.75) is 6.92 Å². The molecule has 0 aliphatic rings. The molecule has 0 aliphatic carbocycles. The van der Waals surface area contributed by atoms with Crippen LogP contribution in [-0.4, -0.2) is 20.3 Å². The van der Waals surface area contributed by atoms with Crippen molar-refractivity contribution in [1.29, 1.82) is 0 Å². The second-order valence-corrected chi connectivity index (χ2v) is 2.40. The molecule has 0 saturated heterocycles. The lowest BCUT2D eigenvalue weighted by atomic mass is 10.2. The van der Waals surface area contributed by atoms with E-state index in [0.717, 1.165) is 10.9 Å². The quantitative estimate of drug-likeness (QED) is 0.586. The Hall–Kier alpha value is -1.58. The molecule has 0 amide bonds. The zero-order chi connectivity index (χ0) is 7.84. The number of rotatable bonds is 0. The van der Waals surface area contributed by atoms with Gasteiger partial charge in [0, 0.05) is 10.9 Å². The van der Waals surface area contributed by atoms with Crippen molar-refractivity contribution in [1.82, 2.24) is 15.2 Å². The van der Waals surface area contributed by atoms with E-state index in [1.54, 1.807) is 6.20 Å². The van der Waals surface area contributed by atoms with Crippen LogP contribution in [0.4, 0.5) is 0 Å². The Morgan fingerprint density at radius 1 is 1.45 bits per heavy atom. The summed E-state index contributed by atoms with van der Waals surface area (Å²) in [6.07, 6.45) is 3.06. The third-order valence-electron chi connectivity index (χ3n) is 1.72. The molecule has 0 aromatic carbocycles. The van der Waals surface area contributed by atoms with Crippen molar-refractivity contribution in [3.05, 3.63) is 18.0 Å². The summed E-state index contributed by atoms with van der Waals surface area (Å²) < 4.78 is 0. The minimum absolute atomic E-state index is 0.207. The van der Waals surface area contributed by atoms with Crippen LogP contribution >= 0.6 is 0 Å². The Balaban J connectivity index is 2.93. The van der Waals surface area contributed by atoms with Gasteiger partial charge >= 0.3 is 0 Å². The molecule has 2 rings (SSSR count). The van der Waals surface area contributed by atoms with Gasteiger partial charge in [-0.15, -0.1) is 0 Å². The maximum absolute atomic E-state index is 9.23. The molecule has 0 atom stereocenters. The summed E-state index contributed by atoms with van der Waals surface area (Å²) in [7, 11) is 0. The number of hydrogen-bond acceptors (Lipinski definition) is 3. The summed E-state index contributed by atoms with van der Waals surface area (Å²) in [5, 5.41) is 16.6. The first-order valence-corrected chi connectivity index (χ1v) is 3.26. The largest absolute Gasteiger partial charge is 0.506 e. The normalized spacial score (nSPS) is 10.6. The van der Waals surface area contributed by atoms with E-state index in [1.807, 2.05) is 6.92 Å². The zero-order valence-corrected chi connectivity index (χ0v) is 6.00. The highest BCUT2D eigenvalue weighted by Gasteiger charge is 2.03. The summed E-state index contributed by atoms with van der Waals surface area (Å²) in [5.74, 6) is 0.207. The Kier molecular flexibility index (Phi) is 1.09. The van der Waals surface area contributed by atoms with Crippen molar-refractivity contribution < 1.29 is 5.11 Å². The molecule has 11 heavy (non-hydrogen) atoms. The van der Waals surface area contributed by atoms with Gasteiger partial charge in [0.25, 0.3) is 0 Å². The molecule has 0 spiro atoms. The number of aryl methyl sites for hydroxylation is 1. The molecule has 4 heteroatoms. The molecule has 0 fully saturated rings. The van der Waals surface area contributed by atoms with Crippen LogP contribution in [0.15, 0.2) is 12.4 Å².